The zero-order valence-electron chi connectivity index (χ0n) is 19.0. The maximum atomic E-state index is 13.0. The average Bonchev–Trinajstić information content (AvgIpc) is 2.98. The smallest absolute Gasteiger partial charge is 0.325 e. The van der Waals surface area contributed by atoms with Crippen molar-refractivity contribution in [2.75, 3.05) is 25.0 Å². The number of amides is 4. The number of imide groups is 1. The number of nitrogens with zero attached hydrogens (tertiary/aromatic N) is 1. The second kappa shape index (κ2) is 9.71. The van der Waals surface area contributed by atoms with Crippen LogP contribution >= 0.6 is 0 Å². The molecule has 3 N–H and O–H groups in total. The molecule has 1 saturated heterocycles. The van der Waals surface area contributed by atoms with E-state index in [-0.39, 0.29) is 23.8 Å². The molecule has 1 spiro atoms. The van der Waals surface area contributed by atoms with Gasteiger partial charge in [0.15, 0.2) is 0 Å². The molecule has 0 bridgehead atoms. The summed E-state index contributed by atoms with van der Waals surface area (Å²) in [5.41, 5.74) is 0.454. The summed E-state index contributed by atoms with van der Waals surface area (Å²) in [5.74, 6) is 0.00174. The lowest BCUT2D eigenvalue weighted by Crippen LogP contribution is -2.51. The van der Waals surface area contributed by atoms with Crippen molar-refractivity contribution in [2.45, 2.75) is 64.8 Å². The topological polar surface area (TPSA) is 90.5 Å². The summed E-state index contributed by atoms with van der Waals surface area (Å²) in [7, 11) is 0. The van der Waals surface area contributed by atoms with Crippen LogP contribution < -0.4 is 16.0 Å². The third-order valence-electron chi connectivity index (χ3n) is 7.18. The number of anilines is 1. The van der Waals surface area contributed by atoms with E-state index in [4.69, 9.17) is 0 Å². The molecule has 7 heteroatoms. The van der Waals surface area contributed by atoms with E-state index in [1.54, 1.807) is 0 Å². The maximum Gasteiger partial charge on any atom is 0.325 e. The van der Waals surface area contributed by atoms with Crippen LogP contribution in [0.5, 0.6) is 0 Å². The van der Waals surface area contributed by atoms with Gasteiger partial charge in [0.2, 0.25) is 5.91 Å². The lowest BCUT2D eigenvalue weighted by atomic mass is 9.65. The van der Waals surface area contributed by atoms with Gasteiger partial charge in [-0.3, -0.25) is 14.5 Å². The molecule has 1 aliphatic heterocycles. The van der Waals surface area contributed by atoms with Gasteiger partial charge in [-0.2, -0.15) is 0 Å². The van der Waals surface area contributed by atoms with E-state index in [9.17, 15) is 14.4 Å². The second-order valence-electron chi connectivity index (χ2n) is 9.52. The Morgan fingerprint density at radius 1 is 1.16 bits per heavy atom. The first-order valence-electron chi connectivity index (χ1n) is 11.5. The number of urea groups is 1. The summed E-state index contributed by atoms with van der Waals surface area (Å²) < 4.78 is 0. The lowest BCUT2D eigenvalue weighted by molar-refractivity contribution is -0.136. The van der Waals surface area contributed by atoms with Crippen LogP contribution in [0.4, 0.5) is 10.5 Å². The molecule has 0 aromatic heterocycles. The van der Waals surface area contributed by atoms with E-state index >= 15 is 0 Å². The first-order chi connectivity index (χ1) is 14.8. The van der Waals surface area contributed by atoms with Crippen molar-refractivity contribution in [1.82, 2.24) is 15.5 Å². The average molecular weight is 429 g/mol. The van der Waals surface area contributed by atoms with E-state index in [1.165, 1.54) is 0 Å². The molecule has 1 aromatic carbocycles. The fourth-order valence-corrected chi connectivity index (χ4v) is 4.64. The summed E-state index contributed by atoms with van der Waals surface area (Å²) in [6.45, 7) is 7.74. The van der Waals surface area contributed by atoms with Gasteiger partial charge in [-0.15, -0.1) is 0 Å². The molecule has 7 nitrogen and oxygen atoms in total. The van der Waals surface area contributed by atoms with Crippen molar-refractivity contribution in [3.63, 3.8) is 0 Å². The number of hydrogen-bond donors (Lipinski definition) is 3. The third kappa shape index (κ3) is 5.38. The molecule has 170 valence electrons. The minimum absolute atomic E-state index is 0.220. The number of carbonyl (C=O) groups is 3. The largest absolute Gasteiger partial charge is 0.385 e. The van der Waals surface area contributed by atoms with Gasteiger partial charge in [0.05, 0.1) is 0 Å². The van der Waals surface area contributed by atoms with Crippen LogP contribution in [0.3, 0.4) is 0 Å². The molecule has 1 aliphatic carbocycles. The molecule has 2 fully saturated rings. The highest BCUT2D eigenvalue weighted by Crippen LogP contribution is 2.45. The van der Waals surface area contributed by atoms with E-state index in [1.807, 2.05) is 30.3 Å². The van der Waals surface area contributed by atoms with Crippen molar-refractivity contribution in [3.05, 3.63) is 30.3 Å². The summed E-state index contributed by atoms with van der Waals surface area (Å²) >= 11 is 0. The summed E-state index contributed by atoms with van der Waals surface area (Å²) in [6.07, 6.45) is 4.98. The molecule has 1 heterocycles. The summed E-state index contributed by atoms with van der Waals surface area (Å²) in [6, 6.07) is 9.42. The number of rotatable bonds is 9. The van der Waals surface area contributed by atoms with Crippen LogP contribution in [0.15, 0.2) is 30.3 Å². The van der Waals surface area contributed by atoms with Gasteiger partial charge >= 0.3 is 6.03 Å². The van der Waals surface area contributed by atoms with Crippen molar-refractivity contribution < 1.29 is 14.4 Å². The second-order valence-corrected chi connectivity index (χ2v) is 9.52. The minimum Gasteiger partial charge on any atom is -0.385 e. The highest BCUT2D eigenvalue weighted by Gasteiger charge is 2.53. The van der Waals surface area contributed by atoms with E-state index in [0.717, 1.165) is 42.8 Å². The first kappa shape index (κ1) is 23.1. The molecule has 31 heavy (non-hydrogen) atoms. The summed E-state index contributed by atoms with van der Waals surface area (Å²) in [5, 5.41) is 9.00. The Balaban J connectivity index is 1.43. The van der Waals surface area contributed by atoms with Crippen molar-refractivity contribution >= 4 is 23.5 Å². The van der Waals surface area contributed by atoms with E-state index < -0.39 is 11.6 Å². The Morgan fingerprint density at radius 3 is 2.48 bits per heavy atom. The predicted octanol–water partition coefficient (Wildman–Crippen LogP) is 3.52. The molecule has 4 amide bonds. The van der Waals surface area contributed by atoms with Gasteiger partial charge in [0, 0.05) is 18.8 Å². The summed E-state index contributed by atoms with van der Waals surface area (Å²) in [4.78, 5) is 38.9. The molecule has 0 atom stereocenters. The number of carbonyl (C=O) groups excluding carboxylic acids is 3. The molecular formula is C24H36N4O3. The fourth-order valence-electron chi connectivity index (χ4n) is 4.64. The molecule has 1 saturated carbocycles. The van der Waals surface area contributed by atoms with Gasteiger partial charge in [0.25, 0.3) is 5.91 Å². The molecule has 2 aliphatic rings. The Kier molecular flexibility index (Phi) is 7.23. The maximum absolute atomic E-state index is 13.0. The highest BCUT2D eigenvalue weighted by molar-refractivity contribution is 6.09. The zero-order chi connectivity index (χ0) is 22.5. The number of para-hydroxylation sites is 1. The van der Waals surface area contributed by atoms with Crippen LogP contribution in [-0.4, -0.2) is 47.9 Å². The number of hydrogen-bond acceptors (Lipinski definition) is 4. The normalized spacial score (nSPS) is 23.7. The van der Waals surface area contributed by atoms with Gasteiger partial charge in [0.1, 0.15) is 12.1 Å². The van der Waals surface area contributed by atoms with Gasteiger partial charge in [-0.1, -0.05) is 45.4 Å². The third-order valence-corrected chi connectivity index (χ3v) is 7.18. The van der Waals surface area contributed by atoms with Crippen LogP contribution in [0.1, 0.15) is 59.3 Å². The van der Waals surface area contributed by atoms with Gasteiger partial charge < -0.3 is 16.0 Å². The molecule has 0 radical (unpaired) electrons. The molecule has 1 aromatic rings. The standard InChI is InChI=1S/C24H36N4O3/c1-4-23(2,3)18-11-13-24(14-12-18)21(30)28(22(31)27-24)17-20(29)26-16-8-15-25-19-9-6-5-7-10-19/h5-7,9-10,18,25H,4,8,11-17H2,1-3H3,(H,26,29)(H,27,31). The van der Waals surface area contributed by atoms with Crippen molar-refractivity contribution in [3.8, 4) is 0 Å². The van der Waals surface area contributed by atoms with Crippen LogP contribution in [0.2, 0.25) is 0 Å². The van der Waals surface area contributed by atoms with Crippen LogP contribution in [0, 0.1) is 11.3 Å². The zero-order valence-corrected chi connectivity index (χ0v) is 19.0. The Morgan fingerprint density at radius 2 is 1.84 bits per heavy atom. The first-order valence-corrected chi connectivity index (χ1v) is 11.5. The quantitative estimate of drug-likeness (QED) is 0.415. The van der Waals surface area contributed by atoms with Crippen molar-refractivity contribution in [2.24, 2.45) is 11.3 Å². The highest BCUT2D eigenvalue weighted by atomic mass is 16.2. The number of nitrogens with one attached hydrogen (secondary N) is 3. The van der Waals surface area contributed by atoms with Crippen LogP contribution in [-0.2, 0) is 9.59 Å². The van der Waals surface area contributed by atoms with Gasteiger partial charge in [-0.05, 0) is 55.6 Å². The Labute approximate surface area is 185 Å². The lowest BCUT2D eigenvalue weighted by Gasteiger charge is -2.42. The van der Waals surface area contributed by atoms with Crippen LogP contribution in [0.25, 0.3) is 0 Å². The fraction of sp³-hybridized carbons (Fsp3) is 0.625. The molecule has 3 rings (SSSR count). The number of benzene rings is 1. The van der Waals surface area contributed by atoms with E-state index in [2.05, 4.69) is 36.7 Å². The monoisotopic (exact) mass is 428 g/mol. The van der Waals surface area contributed by atoms with E-state index in [0.29, 0.717) is 25.3 Å². The SMILES string of the molecule is CCC(C)(C)C1CCC2(CC1)NC(=O)N(CC(=O)NCCCNc1ccccc1)C2=O. The molecule has 0 unspecified atom stereocenters. The minimum atomic E-state index is -0.822. The Bertz CT molecular complexity index is 785. The molecular weight excluding hydrogens is 392 g/mol. The Hall–Kier alpha value is -2.57. The van der Waals surface area contributed by atoms with Crippen molar-refractivity contribution in [1.29, 1.82) is 0 Å². The van der Waals surface area contributed by atoms with Gasteiger partial charge in [-0.25, -0.2) is 4.79 Å². The predicted molar refractivity (Wildman–Crippen MR) is 122 cm³/mol.